The second-order valence-electron chi connectivity index (χ2n) is 4.75. The summed E-state index contributed by atoms with van der Waals surface area (Å²) in [5, 5.41) is 27.5. The lowest BCUT2D eigenvalue weighted by Crippen LogP contribution is -2.23. The van der Waals surface area contributed by atoms with E-state index in [4.69, 9.17) is 9.84 Å². The van der Waals surface area contributed by atoms with Crippen LogP contribution in [-0.4, -0.2) is 45.7 Å². The van der Waals surface area contributed by atoms with E-state index in [0.717, 1.165) is 19.3 Å². The van der Waals surface area contributed by atoms with Crippen LogP contribution in [0.25, 0.3) is 0 Å². The van der Waals surface area contributed by atoms with Gasteiger partial charge in [0.25, 0.3) is 0 Å². The third-order valence-electron chi connectivity index (χ3n) is 3.17. The Morgan fingerprint density at radius 2 is 2.12 bits per heavy atom. The highest BCUT2D eigenvalue weighted by Gasteiger charge is 2.35. The molecule has 1 aliphatic rings. The number of aliphatic carboxylic acids is 1. The van der Waals surface area contributed by atoms with Crippen molar-refractivity contribution in [1.82, 2.24) is 0 Å². The van der Waals surface area contributed by atoms with Gasteiger partial charge in [-0.05, 0) is 19.8 Å². The highest BCUT2D eigenvalue weighted by Crippen LogP contribution is 2.26. The van der Waals surface area contributed by atoms with Gasteiger partial charge < -0.3 is 20.1 Å². The summed E-state index contributed by atoms with van der Waals surface area (Å²) in [5.74, 6) is -0.767. The first-order valence-corrected chi connectivity index (χ1v) is 6.24. The first-order valence-electron chi connectivity index (χ1n) is 6.24. The number of rotatable bonds is 7. The maximum Gasteiger partial charge on any atom is 0.303 e. The topological polar surface area (TPSA) is 87.0 Å². The normalized spacial score (nSPS) is 30.4. The zero-order valence-corrected chi connectivity index (χ0v) is 10.2. The third-order valence-corrected chi connectivity index (χ3v) is 3.17. The van der Waals surface area contributed by atoms with Gasteiger partial charge in [-0.25, -0.2) is 0 Å². The summed E-state index contributed by atoms with van der Waals surface area (Å²) in [4.78, 5) is 10.3. The number of aliphatic hydroxyl groups is 2. The van der Waals surface area contributed by atoms with Gasteiger partial charge in [-0.1, -0.05) is 12.8 Å². The number of unbranched alkanes of at least 4 members (excludes halogenated alkanes) is 2. The van der Waals surface area contributed by atoms with Crippen LogP contribution in [0.4, 0.5) is 0 Å². The Kier molecular flexibility index (Phi) is 5.88. The van der Waals surface area contributed by atoms with Crippen molar-refractivity contribution in [1.29, 1.82) is 0 Å². The number of aliphatic hydroxyl groups excluding tert-OH is 2. The molecule has 0 amide bonds. The lowest BCUT2D eigenvalue weighted by Gasteiger charge is -2.16. The zero-order chi connectivity index (χ0) is 12.8. The van der Waals surface area contributed by atoms with E-state index in [0.29, 0.717) is 12.8 Å². The van der Waals surface area contributed by atoms with Gasteiger partial charge in [0.2, 0.25) is 0 Å². The summed E-state index contributed by atoms with van der Waals surface area (Å²) in [7, 11) is 0. The molecule has 3 N–H and O–H groups in total. The molecule has 0 aromatic rings. The van der Waals surface area contributed by atoms with E-state index in [9.17, 15) is 15.0 Å². The molecule has 1 heterocycles. The molecular weight excluding hydrogens is 224 g/mol. The second kappa shape index (κ2) is 6.93. The van der Waals surface area contributed by atoms with Crippen molar-refractivity contribution in [3.05, 3.63) is 0 Å². The molecule has 0 aromatic carbocycles. The summed E-state index contributed by atoms with van der Waals surface area (Å²) in [6, 6.07) is 0. The molecule has 0 saturated carbocycles. The van der Waals surface area contributed by atoms with Crippen LogP contribution in [0, 0.1) is 0 Å². The Bertz CT molecular complexity index is 241. The first-order chi connectivity index (χ1) is 8.00. The molecule has 0 radical (unpaired) electrons. The van der Waals surface area contributed by atoms with E-state index in [-0.39, 0.29) is 18.6 Å². The maximum absolute atomic E-state index is 10.3. The minimum Gasteiger partial charge on any atom is -0.481 e. The van der Waals surface area contributed by atoms with Crippen molar-refractivity contribution in [2.75, 3.05) is 0 Å². The lowest BCUT2D eigenvalue weighted by atomic mass is 10.0. The molecule has 100 valence electrons. The van der Waals surface area contributed by atoms with Crippen LogP contribution in [-0.2, 0) is 9.53 Å². The summed E-state index contributed by atoms with van der Waals surface area (Å²) in [6.07, 6.45) is 2.22. The maximum atomic E-state index is 10.3. The Morgan fingerprint density at radius 1 is 1.41 bits per heavy atom. The van der Waals surface area contributed by atoms with Gasteiger partial charge >= 0.3 is 5.97 Å². The molecule has 17 heavy (non-hydrogen) atoms. The highest BCUT2D eigenvalue weighted by atomic mass is 16.5. The predicted octanol–water partition coefficient (Wildman–Crippen LogP) is 0.921. The average molecular weight is 246 g/mol. The molecule has 1 aliphatic heterocycles. The van der Waals surface area contributed by atoms with Crippen molar-refractivity contribution in [2.45, 2.75) is 69.9 Å². The summed E-state index contributed by atoms with van der Waals surface area (Å²) in [5.41, 5.74) is 0. The molecular formula is C12H22O5. The Balaban J connectivity index is 2.13. The number of hydrogen-bond donors (Lipinski definition) is 3. The molecule has 1 saturated heterocycles. The number of hydrogen-bond acceptors (Lipinski definition) is 4. The summed E-state index contributed by atoms with van der Waals surface area (Å²) >= 11 is 0. The van der Waals surface area contributed by atoms with Crippen molar-refractivity contribution >= 4 is 5.97 Å². The van der Waals surface area contributed by atoms with Crippen LogP contribution < -0.4 is 0 Å². The number of carboxylic acids is 1. The average Bonchev–Trinajstić information content (AvgIpc) is 2.59. The zero-order valence-electron chi connectivity index (χ0n) is 10.2. The van der Waals surface area contributed by atoms with E-state index in [1.807, 2.05) is 0 Å². The summed E-state index contributed by atoms with van der Waals surface area (Å²) in [6.45, 7) is 1.66. The van der Waals surface area contributed by atoms with Gasteiger partial charge in [0.05, 0.1) is 24.4 Å². The molecule has 4 unspecified atom stereocenters. The van der Waals surface area contributed by atoms with Crippen molar-refractivity contribution in [3.63, 3.8) is 0 Å². The van der Waals surface area contributed by atoms with Gasteiger partial charge in [0.1, 0.15) is 0 Å². The van der Waals surface area contributed by atoms with Crippen LogP contribution in [0.15, 0.2) is 0 Å². The smallest absolute Gasteiger partial charge is 0.303 e. The van der Waals surface area contributed by atoms with Crippen molar-refractivity contribution in [3.8, 4) is 0 Å². The molecule has 0 bridgehead atoms. The first kappa shape index (κ1) is 14.4. The second-order valence-corrected chi connectivity index (χ2v) is 4.75. The van der Waals surface area contributed by atoms with E-state index < -0.39 is 18.2 Å². The summed E-state index contributed by atoms with van der Waals surface area (Å²) < 4.78 is 5.55. The Labute approximate surface area is 101 Å². The lowest BCUT2D eigenvalue weighted by molar-refractivity contribution is -0.137. The standard InChI is InChI=1S/C12H22O5/c1-8(13)11-7-9(14)10(17-11)5-3-2-4-6-12(15)16/h8-11,13-14H,2-7H2,1H3,(H,15,16). The van der Waals surface area contributed by atoms with Crippen molar-refractivity contribution < 1.29 is 24.9 Å². The van der Waals surface area contributed by atoms with Gasteiger partial charge in [0, 0.05) is 12.8 Å². The van der Waals surface area contributed by atoms with Crippen LogP contribution in [0.5, 0.6) is 0 Å². The van der Waals surface area contributed by atoms with Crippen LogP contribution >= 0.6 is 0 Å². The molecule has 5 heteroatoms. The van der Waals surface area contributed by atoms with E-state index in [2.05, 4.69) is 0 Å². The van der Waals surface area contributed by atoms with Gasteiger partial charge in [-0.2, -0.15) is 0 Å². The van der Waals surface area contributed by atoms with E-state index in [1.165, 1.54) is 0 Å². The van der Waals surface area contributed by atoms with Crippen LogP contribution in [0.3, 0.4) is 0 Å². The van der Waals surface area contributed by atoms with Crippen molar-refractivity contribution in [2.24, 2.45) is 0 Å². The quantitative estimate of drug-likeness (QED) is 0.581. The van der Waals surface area contributed by atoms with Crippen LogP contribution in [0.1, 0.15) is 45.4 Å². The molecule has 4 atom stereocenters. The van der Waals surface area contributed by atoms with E-state index >= 15 is 0 Å². The van der Waals surface area contributed by atoms with Gasteiger partial charge in [-0.3, -0.25) is 4.79 Å². The molecule has 0 aliphatic carbocycles. The predicted molar refractivity (Wildman–Crippen MR) is 61.7 cm³/mol. The van der Waals surface area contributed by atoms with Gasteiger partial charge in [0.15, 0.2) is 0 Å². The molecule has 0 spiro atoms. The number of ether oxygens (including phenoxy) is 1. The monoisotopic (exact) mass is 246 g/mol. The SMILES string of the molecule is CC(O)C1CC(O)C(CCCCCC(=O)O)O1. The minimum atomic E-state index is -0.767. The Morgan fingerprint density at radius 3 is 2.65 bits per heavy atom. The number of carboxylic acid groups (broad SMARTS) is 1. The number of carbonyl (C=O) groups is 1. The highest BCUT2D eigenvalue weighted by molar-refractivity contribution is 5.66. The fourth-order valence-corrected chi connectivity index (χ4v) is 2.13. The molecule has 1 fully saturated rings. The van der Waals surface area contributed by atoms with Gasteiger partial charge in [-0.15, -0.1) is 0 Å². The largest absolute Gasteiger partial charge is 0.481 e. The third kappa shape index (κ3) is 5.02. The fourth-order valence-electron chi connectivity index (χ4n) is 2.13. The van der Waals surface area contributed by atoms with Crippen LogP contribution in [0.2, 0.25) is 0 Å². The Hall–Kier alpha value is -0.650. The minimum absolute atomic E-state index is 0.199. The molecule has 5 nitrogen and oxygen atoms in total. The van der Waals surface area contributed by atoms with E-state index in [1.54, 1.807) is 6.92 Å². The molecule has 1 rings (SSSR count). The fraction of sp³-hybridized carbons (Fsp3) is 0.917. The molecule has 0 aromatic heterocycles.